The number of carboxylic acid groups (broad SMARTS) is 1. The molecule has 0 saturated heterocycles. The van der Waals surface area contributed by atoms with Crippen LogP contribution in [-0.2, 0) is 4.79 Å². The molecule has 4 heteroatoms. The minimum Gasteiger partial charge on any atom is -0.479 e. The van der Waals surface area contributed by atoms with Gasteiger partial charge in [0, 0.05) is 0 Å². The molecule has 0 bridgehead atoms. The standard InChI is InChI=1S/C6H11FO3/c1-3(2)5(8)4(7)6(9)10/h3-5,8H,1-2H3,(H,9,10). The van der Waals surface area contributed by atoms with Crippen LogP contribution < -0.4 is 0 Å². The lowest BCUT2D eigenvalue weighted by molar-refractivity contribution is -0.148. The molecule has 0 rings (SSSR count). The van der Waals surface area contributed by atoms with Crippen molar-refractivity contribution in [1.82, 2.24) is 0 Å². The van der Waals surface area contributed by atoms with Crippen molar-refractivity contribution in [2.75, 3.05) is 0 Å². The van der Waals surface area contributed by atoms with Crippen LogP contribution in [-0.4, -0.2) is 28.5 Å². The Kier molecular flexibility index (Phi) is 3.28. The van der Waals surface area contributed by atoms with Gasteiger partial charge in [-0.25, -0.2) is 9.18 Å². The summed E-state index contributed by atoms with van der Waals surface area (Å²) in [5, 5.41) is 16.9. The van der Waals surface area contributed by atoms with E-state index in [1.54, 1.807) is 13.8 Å². The summed E-state index contributed by atoms with van der Waals surface area (Å²) in [7, 11) is 0. The summed E-state index contributed by atoms with van der Waals surface area (Å²) in [4.78, 5) is 9.91. The molecule has 0 amide bonds. The molecule has 0 aliphatic rings. The second-order valence-corrected chi connectivity index (χ2v) is 2.47. The van der Waals surface area contributed by atoms with E-state index in [1.165, 1.54) is 0 Å². The normalized spacial score (nSPS) is 16.9. The lowest BCUT2D eigenvalue weighted by Gasteiger charge is -2.14. The molecule has 0 radical (unpaired) electrons. The largest absolute Gasteiger partial charge is 0.479 e. The summed E-state index contributed by atoms with van der Waals surface area (Å²) in [5.74, 6) is -1.98. The molecule has 0 saturated carbocycles. The van der Waals surface area contributed by atoms with Gasteiger partial charge in [0.2, 0.25) is 6.17 Å². The third-order valence-electron chi connectivity index (χ3n) is 1.22. The van der Waals surface area contributed by atoms with E-state index >= 15 is 0 Å². The third-order valence-corrected chi connectivity index (χ3v) is 1.22. The van der Waals surface area contributed by atoms with Crippen LogP contribution in [0.3, 0.4) is 0 Å². The highest BCUT2D eigenvalue weighted by atomic mass is 19.1. The molecule has 0 aliphatic heterocycles. The summed E-state index contributed by atoms with van der Waals surface area (Å²) in [6, 6.07) is 0. The van der Waals surface area contributed by atoms with E-state index in [0.717, 1.165) is 0 Å². The third kappa shape index (κ3) is 2.31. The monoisotopic (exact) mass is 150 g/mol. The smallest absolute Gasteiger partial charge is 0.341 e. The first kappa shape index (κ1) is 9.36. The van der Waals surface area contributed by atoms with Crippen LogP contribution in [0.2, 0.25) is 0 Å². The van der Waals surface area contributed by atoms with E-state index < -0.39 is 18.2 Å². The molecule has 2 N–H and O–H groups in total. The predicted molar refractivity (Wildman–Crippen MR) is 33.4 cm³/mol. The van der Waals surface area contributed by atoms with Crippen LogP contribution in [0.15, 0.2) is 0 Å². The maximum Gasteiger partial charge on any atom is 0.341 e. The Balaban J connectivity index is 3.94. The number of alkyl halides is 1. The zero-order valence-corrected chi connectivity index (χ0v) is 5.91. The van der Waals surface area contributed by atoms with Gasteiger partial charge in [-0.2, -0.15) is 0 Å². The number of aliphatic hydroxyl groups excluding tert-OH is 1. The molecule has 0 heterocycles. The SMILES string of the molecule is CC(C)C(O)C(F)C(=O)O. The van der Waals surface area contributed by atoms with Gasteiger partial charge in [0.1, 0.15) is 0 Å². The lowest BCUT2D eigenvalue weighted by Crippen LogP contribution is -2.33. The molecule has 3 nitrogen and oxygen atoms in total. The van der Waals surface area contributed by atoms with Crippen LogP contribution in [0.5, 0.6) is 0 Å². The van der Waals surface area contributed by atoms with Gasteiger partial charge in [0.25, 0.3) is 0 Å². The first-order valence-electron chi connectivity index (χ1n) is 3.01. The Hall–Kier alpha value is -0.640. The Morgan fingerprint density at radius 3 is 2.00 bits per heavy atom. The molecule has 0 fully saturated rings. The number of carbonyl (C=O) groups is 1. The molecule has 2 unspecified atom stereocenters. The summed E-state index contributed by atoms with van der Waals surface area (Å²) < 4.78 is 12.3. The molecular formula is C6H11FO3. The van der Waals surface area contributed by atoms with E-state index in [2.05, 4.69) is 0 Å². The molecule has 0 spiro atoms. The Morgan fingerprint density at radius 1 is 1.50 bits per heavy atom. The number of hydrogen-bond acceptors (Lipinski definition) is 2. The van der Waals surface area contributed by atoms with Crippen molar-refractivity contribution >= 4 is 5.97 Å². The van der Waals surface area contributed by atoms with Crippen molar-refractivity contribution in [2.45, 2.75) is 26.1 Å². The van der Waals surface area contributed by atoms with Crippen molar-refractivity contribution in [2.24, 2.45) is 5.92 Å². The average molecular weight is 150 g/mol. The van der Waals surface area contributed by atoms with Crippen molar-refractivity contribution in [3.8, 4) is 0 Å². The zero-order valence-electron chi connectivity index (χ0n) is 5.91. The van der Waals surface area contributed by atoms with Crippen molar-refractivity contribution in [3.63, 3.8) is 0 Å². The topological polar surface area (TPSA) is 57.5 Å². The number of aliphatic hydroxyl groups is 1. The predicted octanol–water partition coefficient (Wildman–Crippen LogP) is 0.426. The van der Waals surface area contributed by atoms with Crippen molar-refractivity contribution < 1.29 is 19.4 Å². The van der Waals surface area contributed by atoms with Crippen LogP contribution in [0.25, 0.3) is 0 Å². The molecule has 0 aliphatic carbocycles. The van der Waals surface area contributed by atoms with E-state index in [9.17, 15) is 9.18 Å². The molecule has 0 aromatic rings. The fraction of sp³-hybridized carbons (Fsp3) is 0.833. The van der Waals surface area contributed by atoms with Gasteiger partial charge in [0.15, 0.2) is 0 Å². The van der Waals surface area contributed by atoms with E-state index in [0.29, 0.717) is 0 Å². The second-order valence-electron chi connectivity index (χ2n) is 2.47. The van der Waals surface area contributed by atoms with E-state index in [4.69, 9.17) is 10.2 Å². The number of aliphatic carboxylic acids is 1. The molecule has 2 atom stereocenters. The number of rotatable bonds is 3. The van der Waals surface area contributed by atoms with Gasteiger partial charge in [-0.1, -0.05) is 13.8 Å². The molecule has 0 aromatic heterocycles. The minimum atomic E-state index is -2.17. The quantitative estimate of drug-likeness (QED) is 0.613. The molecule has 10 heavy (non-hydrogen) atoms. The van der Waals surface area contributed by atoms with Gasteiger partial charge < -0.3 is 10.2 Å². The Morgan fingerprint density at radius 2 is 1.90 bits per heavy atom. The van der Waals surface area contributed by atoms with Gasteiger partial charge in [0.05, 0.1) is 6.10 Å². The van der Waals surface area contributed by atoms with Crippen LogP contribution >= 0.6 is 0 Å². The zero-order chi connectivity index (χ0) is 8.31. The highest BCUT2D eigenvalue weighted by Gasteiger charge is 2.27. The van der Waals surface area contributed by atoms with Gasteiger partial charge in [-0.05, 0) is 5.92 Å². The number of halogens is 1. The highest BCUT2D eigenvalue weighted by Crippen LogP contribution is 2.09. The summed E-state index contributed by atoms with van der Waals surface area (Å²) >= 11 is 0. The van der Waals surface area contributed by atoms with Crippen molar-refractivity contribution in [3.05, 3.63) is 0 Å². The maximum atomic E-state index is 12.3. The maximum absolute atomic E-state index is 12.3. The first-order chi connectivity index (χ1) is 4.46. The Labute approximate surface area is 58.5 Å². The average Bonchev–Trinajstić information content (AvgIpc) is 1.84. The summed E-state index contributed by atoms with van der Waals surface area (Å²) in [6.45, 7) is 3.11. The fourth-order valence-electron chi connectivity index (χ4n) is 0.484. The van der Waals surface area contributed by atoms with E-state index in [-0.39, 0.29) is 5.92 Å². The summed E-state index contributed by atoms with van der Waals surface area (Å²) in [6.07, 6.45) is -3.57. The number of hydrogen-bond donors (Lipinski definition) is 2. The van der Waals surface area contributed by atoms with Crippen LogP contribution in [0.4, 0.5) is 4.39 Å². The van der Waals surface area contributed by atoms with Gasteiger partial charge in [-0.3, -0.25) is 0 Å². The number of carboxylic acids is 1. The molecule has 60 valence electrons. The summed E-state index contributed by atoms with van der Waals surface area (Å²) in [5.41, 5.74) is 0. The fourth-order valence-corrected chi connectivity index (χ4v) is 0.484. The highest BCUT2D eigenvalue weighted by molar-refractivity contribution is 5.72. The second kappa shape index (κ2) is 3.51. The van der Waals surface area contributed by atoms with Crippen LogP contribution in [0.1, 0.15) is 13.8 Å². The Bertz CT molecular complexity index is 124. The minimum absolute atomic E-state index is 0.369. The van der Waals surface area contributed by atoms with Gasteiger partial charge in [-0.15, -0.1) is 0 Å². The van der Waals surface area contributed by atoms with Gasteiger partial charge >= 0.3 is 5.97 Å². The van der Waals surface area contributed by atoms with E-state index in [1.807, 2.05) is 0 Å². The molecule has 0 aromatic carbocycles. The van der Waals surface area contributed by atoms with Crippen LogP contribution in [0, 0.1) is 5.92 Å². The first-order valence-corrected chi connectivity index (χ1v) is 3.01. The molecular weight excluding hydrogens is 139 g/mol. The van der Waals surface area contributed by atoms with Crippen molar-refractivity contribution in [1.29, 1.82) is 0 Å². The lowest BCUT2D eigenvalue weighted by atomic mass is 10.0.